The number of hydrogen-bond acceptors (Lipinski definition) is 6. The summed E-state index contributed by atoms with van der Waals surface area (Å²) in [6, 6.07) is 8.00. The summed E-state index contributed by atoms with van der Waals surface area (Å²) in [4.78, 5) is 40.2. The van der Waals surface area contributed by atoms with Crippen LogP contribution in [0.5, 0.6) is 0 Å². The minimum atomic E-state index is -0.550. The molecule has 0 saturated carbocycles. The zero-order chi connectivity index (χ0) is 24.2. The molecule has 2 aliphatic rings. The Morgan fingerprint density at radius 1 is 1.09 bits per heavy atom. The molecule has 1 atom stereocenters. The number of carbonyl (C=O) groups excluding carboxylic acids is 2. The predicted molar refractivity (Wildman–Crippen MR) is 133 cm³/mol. The van der Waals surface area contributed by atoms with Gasteiger partial charge in [-0.05, 0) is 49.9 Å². The number of nitrogens with zero attached hydrogens (tertiary/aromatic N) is 5. The molecule has 182 valence electrons. The molecule has 2 N–H and O–H groups in total. The lowest BCUT2D eigenvalue weighted by Crippen LogP contribution is -2.59. The molecule has 2 aliphatic heterocycles. The van der Waals surface area contributed by atoms with E-state index in [1.807, 2.05) is 11.8 Å². The molecule has 8 nitrogen and oxygen atoms in total. The third-order valence-corrected chi connectivity index (χ3v) is 7.27. The van der Waals surface area contributed by atoms with Crippen LogP contribution in [0.1, 0.15) is 59.7 Å². The van der Waals surface area contributed by atoms with E-state index in [1.165, 1.54) is 6.20 Å². The average Bonchev–Trinajstić information content (AvgIpc) is 2.88. The fourth-order valence-electron chi connectivity index (χ4n) is 5.12. The highest BCUT2D eigenvalue weighted by molar-refractivity contribution is 6.30. The van der Waals surface area contributed by atoms with Crippen LogP contribution in [0.15, 0.2) is 30.5 Å². The maximum Gasteiger partial charge on any atom is 0.268 e. The number of aryl methyl sites for hydroxylation is 1. The van der Waals surface area contributed by atoms with Crippen molar-refractivity contribution in [3.05, 3.63) is 52.4 Å². The monoisotopic (exact) mass is 484 g/mol. The van der Waals surface area contributed by atoms with Gasteiger partial charge in [0.05, 0.1) is 11.9 Å². The van der Waals surface area contributed by atoms with Gasteiger partial charge in [-0.15, -0.1) is 0 Å². The Morgan fingerprint density at radius 2 is 1.79 bits per heavy atom. The van der Waals surface area contributed by atoms with Crippen molar-refractivity contribution in [1.82, 2.24) is 19.8 Å². The standard InChI is InChI=1S/C25H33ClN6O2/c1-3-19-16-31(24-21(4-2)29-22(15-28-24)23(27)33)13-14-32(19)20-9-11-30(12-10-20)25(34)17-5-7-18(26)8-6-17/h5-8,15,19-20H,3-4,9-14,16H2,1-2H3,(H2,27,33). The van der Waals surface area contributed by atoms with Gasteiger partial charge in [0.15, 0.2) is 0 Å². The van der Waals surface area contributed by atoms with E-state index in [2.05, 4.69) is 26.7 Å². The van der Waals surface area contributed by atoms with Crippen LogP contribution in [0.4, 0.5) is 5.82 Å². The Bertz CT molecular complexity index is 1020. The summed E-state index contributed by atoms with van der Waals surface area (Å²) >= 11 is 5.96. The summed E-state index contributed by atoms with van der Waals surface area (Å²) < 4.78 is 0. The second kappa shape index (κ2) is 10.7. The second-order valence-electron chi connectivity index (χ2n) is 9.02. The van der Waals surface area contributed by atoms with Crippen molar-refractivity contribution < 1.29 is 9.59 Å². The van der Waals surface area contributed by atoms with Gasteiger partial charge in [-0.2, -0.15) is 0 Å². The fourth-order valence-corrected chi connectivity index (χ4v) is 5.25. The van der Waals surface area contributed by atoms with Gasteiger partial charge in [0.1, 0.15) is 11.5 Å². The normalized spacial score (nSPS) is 19.9. The molecule has 2 amide bonds. The Balaban J connectivity index is 1.38. The van der Waals surface area contributed by atoms with E-state index in [0.717, 1.165) is 63.5 Å². The third kappa shape index (κ3) is 5.18. The maximum absolute atomic E-state index is 12.9. The van der Waals surface area contributed by atoms with Crippen LogP contribution in [-0.2, 0) is 6.42 Å². The second-order valence-corrected chi connectivity index (χ2v) is 9.46. The summed E-state index contributed by atoms with van der Waals surface area (Å²) in [5, 5.41) is 0.640. The fraction of sp³-hybridized carbons (Fsp3) is 0.520. The lowest BCUT2D eigenvalue weighted by molar-refractivity contribution is 0.0490. The molecule has 3 heterocycles. The van der Waals surface area contributed by atoms with E-state index < -0.39 is 5.91 Å². The Kier molecular flexibility index (Phi) is 7.68. The first-order chi connectivity index (χ1) is 16.4. The number of carbonyl (C=O) groups is 2. The number of nitrogens with two attached hydrogens (primary N) is 1. The Labute approximate surface area is 206 Å². The Morgan fingerprint density at radius 3 is 2.41 bits per heavy atom. The summed E-state index contributed by atoms with van der Waals surface area (Å²) in [5.74, 6) is 0.386. The highest BCUT2D eigenvalue weighted by atomic mass is 35.5. The lowest BCUT2D eigenvalue weighted by atomic mass is 9.97. The van der Waals surface area contributed by atoms with Gasteiger partial charge in [-0.25, -0.2) is 9.97 Å². The van der Waals surface area contributed by atoms with Crippen LogP contribution in [0.2, 0.25) is 5.02 Å². The van der Waals surface area contributed by atoms with Crippen molar-refractivity contribution in [3.63, 3.8) is 0 Å². The molecule has 34 heavy (non-hydrogen) atoms. The number of piperidine rings is 1. The topological polar surface area (TPSA) is 95.7 Å². The van der Waals surface area contributed by atoms with Gasteiger partial charge in [0.2, 0.25) is 0 Å². The van der Waals surface area contributed by atoms with E-state index in [1.54, 1.807) is 24.3 Å². The van der Waals surface area contributed by atoms with Crippen molar-refractivity contribution in [2.45, 2.75) is 51.6 Å². The van der Waals surface area contributed by atoms with Crippen LogP contribution in [0.25, 0.3) is 0 Å². The molecule has 2 saturated heterocycles. The number of rotatable bonds is 6. The van der Waals surface area contributed by atoms with Gasteiger partial charge in [-0.3, -0.25) is 14.5 Å². The van der Waals surface area contributed by atoms with Gasteiger partial charge in [-0.1, -0.05) is 25.4 Å². The molecule has 4 rings (SSSR count). The highest BCUT2D eigenvalue weighted by Gasteiger charge is 2.35. The van der Waals surface area contributed by atoms with E-state index in [0.29, 0.717) is 29.1 Å². The molecule has 1 aromatic carbocycles. The molecule has 9 heteroatoms. The molecule has 0 spiro atoms. The van der Waals surface area contributed by atoms with E-state index in [-0.39, 0.29) is 11.6 Å². The van der Waals surface area contributed by atoms with Crippen molar-refractivity contribution in [3.8, 4) is 0 Å². The van der Waals surface area contributed by atoms with Crippen molar-refractivity contribution >= 4 is 29.2 Å². The first kappa shape index (κ1) is 24.4. The summed E-state index contributed by atoms with van der Waals surface area (Å²) in [5.41, 5.74) is 7.11. The van der Waals surface area contributed by atoms with Gasteiger partial charge in [0.25, 0.3) is 11.8 Å². The first-order valence-electron chi connectivity index (χ1n) is 12.1. The minimum absolute atomic E-state index is 0.0806. The van der Waals surface area contributed by atoms with Gasteiger partial charge < -0.3 is 15.5 Å². The zero-order valence-electron chi connectivity index (χ0n) is 19.9. The van der Waals surface area contributed by atoms with E-state index >= 15 is 0 Å². The maximum atomic E-state index is 12.9. The van der Waals surface area contributed by atoms with Crippen LogP contribution in [0.3, 0.4) is 0 Å². The SMILES string of the molecule is CCc1nc(C(N)=O)cnc1N1CCN(C2CCN(C(=O)c3ccc(Cl)cc3)CC2)C(CC)C1. The number of likely N-dealkylation sites (tertiary alicyclic amines) is 1. The number of halogens is 1. The molecular formula is C25H33ClN6O2. The predicted octanol–water partition coefficient (Wildman–Crippen LogP) is 3.00. The number of primary amides is 1. The van der Waals surface area contributed by atoms with Crippen LogP contribution in [0, 0.1) is 0 Å². The third-order valence-electron chi connectivity index (χ3n) is 7.02. The number of hydrogen-bond donors (Lipinski definition) is 1. The van der Waals surface area contributed by atoms with Crippen molar-refractivity contribution in [1.29, 1.82) is 0 Å². The molecule has 1 aromatic heterocycles. The number of amides is 2. The minimum Gasteiger partial charge on any atom is -0.364 e. The quantitative estimate of drug-likeness (QED) is 0.677. The number of anilines is 1. The van der Waals surface area contributed by atoms with Gasteiger partial charge >= 0.3 is 0 Å². The smallest absolute Gasteiger partial charge is 0.268 e. The van der Waals surface area contributed by atoms with Crippen LogP contribution >= 0.6 is 11.6 Å². The molecular weight excluding hydrogens is 452 g/mol. The van der Waals surface area contributed by atoms with Crippen LogP contribution < -0.4 is 10.6 Å². The zero-order valence-corrected chi connectivity index (χ0v) is 20.7. The molecule has 0 radical (unpaired) electrons. The molecule has 0 bridgehead atoms. The first-order valence-corrected chi connectivity index (χ1v) is 12.5. The lowest BCUT2D eigenvalue weighted by Gasteiger charge is -2.47. The van der Waals surface area contributed by atoms with Gasteiger partial charge in [0, 0.05) is 55.4 Å². The summed E-state index contributed by atoms with van der Waals surface area (Å²) in [7, 11) is 0. The Hall–Kier alpha value is -2.71. The number of aromatic nitrogens is 2. The highest BCUT2D eigenvalue weighted by Crippen LogP contribution is 2.27. The number of piperazine rings is 1. The van der Waals surface area contributed by atoms with Crippen molar-refractivity contribution in [2.24, 2.45) is 5.73 Å². The summed E-state index contributed by atoms with van der Waals surface area (Å²) in [6.45, 7) is 8.45. The van der Waals surface area contributed by atoms with Crippen molar-refractivity contribution in [2.75, 3.05) is 37.6 Å². The van der Waals surface area contributed by atoms with E-state index in [9.17, 15) is 9.59 Å². The molecule has 0 aliphatic carbocycles. The molecule has 1 unspecified atom stereocenters. The van der Waals surface area contributed by atoms with Crippen LogP contribution in [-0.4, -0.2) is 76.4 Å². The molecule has 2 aromatic rings. The summed E-state index contributed by atoms with van der Waals surface area (Å²) in [6.07, 6.45) is 5.17. The largest absolute Gasteiger partial charge is 0.364 e. The van der Waals surface area contributed by atoms with E-state index in [4.69, 9.17) is 17.3 Å². The molecule has 2 fully saturated rings. The number of benzene rings is 1. The average molecular weight is 485 g/mol.